The Balaban J connectivity index is 1.49. The average molecular weight is 396 g/mol. The summed E-state index contributed by atoms with van der Waals surface area (Å²) in [5.41, 5.74) is 8.84. The van der Waals surface area contributed by atoms with Crippen LogP contribution in [-0.4, -0.2) is 34.2 Å². The molecule has 0 unspecified atom stereocenters. The van der Waals surface area contributed by atoms with Crippen LogP contribution in [0.3, 0.4) is 0 Å². The number of rotatable bonds is 6. The van der Waals surface area contributed by atoms with Gasteiger partial charge in [0.15, 0.2) is 0 Å². The van der Waals surface area contributed by atoms with Crippen molar-refractivity contribution >= 4 is 17.6 Å². The van der Waals surface area contributed by atoms with E-state index in [0.717, 1.165) is 18.4 Å². The topological polar surface area (TPSA) is 102 Å². The maximum atomic E-state index is 12.6. The summed E-state index contributed by atoms with van der Waals surface area (Å²) in [6.07, 6.45) is 9.69. The number of nitrogens with two attached hydrogens (primary N) is 1. The molecule has 4 rings (SSSR count). The monoisotopic (exact) mass is 395 g/mol. The van der Waals surface area contributed by atoms with E-state index in [1.165, 1.54) is 38.3 Å². The normalized spacial score (nSPS) is 17.1. The Kier molecular flexibility index (Phi) is 5.56. The largest absolute Gasteiger partial charge is 0.383 e. The molecule has 29 heavy (non-hydrogen) atoms. The second kappa shape index (κ2) is 8.27. The Labute approximate surface area is 171 Å². The van der Waals surface area contributed by atoms with E-state index in [-0.39, 0.29) is 17.6 Å². The third kappa shape index (κ3) is 4.44. The molecular weight excluding hydrogens is 366 g/mol. The van der Waals surface area contributed by atoms with Crippen LogP contribution in [0.25, 0.3) is 5.69 Å². The fraction of sp³-hybridized carbons (Fsp3) is 0.500. The number of nitrogens with one attached hydrogen (secondary N) is 2. The second-order valence-corrected chi connectivity index (χ2v) is 8.32. The van der Waals surface area contributed by atoms with Gasteiger partial charge >= 0.3 is 0 Å². The number of amides is 2. The Bertz CT molecular complexity index is 910. The molecule has 7 nitrogen and oxygen atoms in total. The molecule has 2 amide bonds. The summed E-state index contributed by atoms with van der Waals surface area (Å²) in [6.45, 7) is 2.61. The fourth-order valence-electron chi connectivity index (χ4n) is 3.92. The molecule has 0 bridgehead atoms. The third-order valence-electron chi connectivity index (χ3n) is 5.94. The minimum absolute atomic E-state index is 0.0927. The number of nitrogen functional groups attached to an aromatic ring is 1. The van der Waals surface area contributed by atoms with E-state index in [1.807, 2.05) is 13.0 Å². The van der Waals surface area contributed by atoms with E-state index in [4.69, 9.17) is 5.73 Å². The highest BCUT2D eigenvalue weighted by Crippen LogP contribution is 2.25. The number of aromatic nitrogens is 2. The zero-order chi connectivity index (χ0) is 20.4. The lowest BCUT2D eigenvalue weighted by Gasteiger charge is -2.21. The first-order valence-corrected chi connectivity index (χ1v) is 10.6. The molecule has 1 heterocycles. The van der Waals surface area contributed by atoms with Gasteiger partial charge in [-0.1, -0.05) is 25.3 Å². The van der Waals surface area contributed by atoms with E-state index in [0.29, 0.717) is 35.3 Å². The molecule has 1 aromatic heterocycles. The van der Waals surface area contributed by atoms with Crippen molar-refractivity contribution in [2.24, 2.45) is 5.92 Å². The Morgan fingerprint density at radius 2 is 1.90 bits per heavy atom. The smallest absolute Gasteiger partial charge is 0.256 e. The molecule has 2 aliphatic rings. The number of benzene rings is 1. The summed E-state index contributed by atoms with van der Waals surface area (Å²) in [5.74, 6) is 0.548. The standard InChI is InChI=1S/C22H29N5O2/c1-14-7-8-16(21(28)26-17-9-10-17)11-19(14)27-20(23)18(13-25-27)22(29)24-12-15-5-3-2-4-6-15/h7-8,11,13,15,17H,2-6,9-10,12,23H2,1H3,(H,24,29)(H,26,28). The van der Waals surface area contributed by atoms with Crippen molar-refractivity contribution in [1.29, 1.82) is 0 Å². The SMILES string of the molecule is Cc1ccc(C(=O)NC2CC2)cc1-n1ncc(C(=O)NCC2CCCCC2)c1N. The lowest BCUT2D eigenvalue weighted by Crippen LogP contribution is -2.30. The van der Waals surface area contributed by atoms with Crippen molar-refractivity contribution in [3.05, 3.63) is 41.1 Å². The number of anilines is 1. The number of hydrogen-bond acceptors (Lipinski definition) is 4. The van der Waals surface area contributed by atoms with E-state index >= 15 is 0 Å². The highest BCUT2D eigenvalue weighted by atomic mass is 16.2. The van der Waals surface area contributed by atoms with Crippen LogP contribution in [0, 0.1) is 12.8 Å². The first-order valence-electron chi connectivity index (χ1n) is 10.6. The van der Waals surface area contributed by atoms with Gasteiger partial charge in [0.05, 0.1) is 11.9 Å². The van der Waals surface area contributed by atoms with Crippen molar-refractivity contribution in [3.8, 4) is 5.69 Å². The Hall–Kier alpha value is -2.83. The molecule has 0 radical (unpaired) electrons. The zero-order valence-electron chi connectivity index (χ0n) is 16.9. The lowest BCUT2D eigenvalue weighted by molar-refractivity contribution is 0.0938. The van der Waals surface area contributed by atoms with E-state index in [2.05, 4.69) is 15.7 Å². The summed E-state index contributed by atoms with van der Waals surface area (Å²) >= 11 is 0. The maximum absolute atomic E-state index is 12.6. The van der Waals surface area contributed by atoms with Gasteiger partial charge in [0.2, 0.25) is 0 Å². The highest BCUT2D eigenvalue weighted by Gasteiger charge is 2.24. The van der Waals surface area contributed by atoms with Crippen LogP contribution in [0.1, 0.15) is 71.2 Å². The van der Waals surface area contributed by atoms with Gasteiger partial charge in [-0.25, -0.2) is 4.68 Å². The molecular formula is C22H29N5O2. The van der Waals surface area contributed by atoms with E-state index < -0.39 is 0 Å². The van der Waals surface area contributed by atoms with Crippen LogP contribution in [0.4, 0.5) is 5.82 Å². The van der Waals surface area contributed by atoms with Crippen LogP contribution in [0.5, 0.6) is 0 Å². The van der Waals surface area contributed by atoms with Crippen molar-refractivity contribution in [3.63, 3.8) is 0 Å². The number of hydrogen-bond donors (Lipinski definition) is 3. The van der Waals surface area contributed by atoms with Crippen LogP contribution in [0.2, 0.25) is 0 Å². The molecule has 2 aromatic rings. The number of aryl methyl sites for hydroxylation is 1. The molecule has 0 saturated heterocycles. The first-order chi connectivity index (χ1) is 14.0. The number of nitrogens with zero attached hydrogens (tertiary/aromatic N) is 2. The molecule has 4 N–H and O–H groups in total. The van der Waals surface area contributed by atoms with Crippen LogP contribution < -0.4 is 16.4 Å². The second-order valence-electron chi connectivity index (χ2n) is 8.32. The molecule has 154 valence electrons. The summed E-state index contributed by atoms with van der Waals surface area (Å²) in [6, 6.07) is 5.75. The number of carbonyl (C=O) groups excluding carboxylic acids is 2. The maximum Gasteiger partial charge on any atom is 0.256 e. The van der Waals surface area contributed by atoms with Crippen molar-refractivity contribution in [2.45, 2.75) is 57.9 Å². The molecule has 2 aliphatic carbocycles. The predicted molar refractivity (Wildman–Crippen MR) is 112 cm³/mol. The molecule has 0 spiro atoms. The average Bonchev–Trinajstić information content (AvgIpc) is 3.46. The Morgan fingerprint density at radius 1 is 1.14 bits per heavy atom. The molecule has 2 saturated carbocycles. The Morgan fingerprint density at radius 3 is 2.62 bits per heavy atom. The van der Waals surface area contributed by atoms with Crippen molar-refractivity contribution in [2.75, 3.05) is 12.3 Å². The van der Waals surface area contributed by atoms with Gasteiger partial charge in [-0.15, -0.1) is 0 Å². The number of carbonyl (C=O) groups is 2. The quantitative estimate of drug-likeness (QED) is 0.700. The van der Waals surface area contributed by atoms with E-state index in [1.54, 1.807) is 16.8 Å². The molecule has 1 aromatic carbocycles. The minimum atomic E-state index is -0.195. The molecule has 0 aliphatic heterocycles. The summed E-state index contributed by atoms with van der Waals surface area (Å²) in [7, 11) is 0. The van der Waals surface area contributed by atoms with Crippen molar-refractivity contribution < 1.29 is 9.59 Å². The molecule has 7 heteroatoms. The van der Waals surface area contributed by atoms with Gasteiger partial charge in [0.25, 0.3) is 11.8 Å². The van der Waals surface area contributed by atoms with Gasteiger partial charge < -0.3 is 16.4 Å². The van der Waals surface area contributed by atoms with Gasteiger partial charge in [-0.3, -0.25) is 9.59 Å². The van der Waals surface area contributed by atoms with Gasteiger partial charge in [-0.2, -0.15) is 5.10 Å². The fourth-order valence-corrected chi connectivity index (χ4v) is 3.92. The minimum Gasteiger partial charge on any atom is -0.383 e. The summed E-state index contributed by atoms with van der Waals surface area (Å²) < 4.78 is 1.54. The lowest BCUT2D eigenvalue weighted by atomic mass is 9.89. The summed E-state index contributed by atoms with van der Waals surface area (Å²) in [4.78, 5) is 25.0. The van der Waals surface area contributed by atoms with Crippen LogP contribution in [0.15, 0.2) is 24.4 Å². The summed E-state index contributed by atoms with van der Waals surface area (Å²) in [5, 5.41) is 10.3. The molecule has 2 fully saturated rings. The molecule has 0 atom stereocenters. The van der Waals surface area contributed by atoms with Crippen LogP contribution in [-0.2, 0) is 0 Å². The highest BCUT2D eigenvalue weighted by molar-refractivity contribution is 5.99. The first kappa shape index (κ1) is 19.5. The van der Waals surface area contributed by atoms with E-state index in [9.17, 15) is 9.59 Å². The zero-order valence-corrected chi connectivity index (χ0v) is 16.9. The van der Waals surface area contributed by atoms with Gasteiger partial charge in [0, 0.05) is 18.2 Å². The van der Waals surface area contributed by atoms with Gasteiger partial charge in [-0.05, 0) is 56.2 Å². The third-order valence-corrected chi connectivity index (χ3v) is 5.94. The van der Waals surface area contributed by atoms with Gasteiger partial charge in [0.1, 0.15) is 11.4 Å². The van der Waals surface area contributed by atoms with Crippen LogP contribution >= 0.6 is 0 Å². The van der Waals surface area contributed by atoms with Crippen molar-refractivity contribution in [1.82, 2.24) is 20.4 Å². The predicted octanol–water partition coefficient (Wildman–Crippen LogP) is 2.97.